The average molecular weight is 712 g/mol. The molecule has 1 unspecified atom stereocenters. The molecule has 1 aliphatic rings. The molecule has 242 valence electrons. The van der Waals surface area contributed by atoms with Crippen molar-refractivity contribution in [2.75, 3.05) is 0 Å². The molecule has 0 saturated heterocycles. The second-order valence-electron chi connectivity index (χ2n) is 13.3. The summed E-state index contributed by atoms with van der Waals surface area (Å²) in [5.41, 5.74) is 11.1. The van der Waals surface area contributed by atoms with Crippen LogP contribution in [0.25, 0.3) is 33.4 Å². The number of rotatable bonds is 7. The Bertz CT molecular complexity index is 2010. The number of hydrogen-bond acceptors (Lipinski definition) is 0. The summed E-state index contributed by atoms with van der Waals surface area (Å²) in [5.74, 6) is 0. The number of allylic oxidation sites excluding steroid dienone is 4. The van der Waals surface area contributed by atoms with E-state index in [1.807, 2.05) is 36.4 Å². The summed E-state index contributed by atoms with van der Waals surface area (Å²) in [6.45, 7) is 9.37. The van der Waals surface area contributed by atoms with Crippen molar-refractivity contribution in [3.05, 3.63) is 183 Å². The Kier molecular flexibility index (Phi) is 9.07. The van der Waals surface area contributed by atoms with Crippen LogP contribution in [-0.2, 0) is 0 Å². The van der Waals surface area contributed by atoms with Crippen molar-refractivity contribution in [2.24, 2.45) is 0 Å². The summed E-state index contributed by atoms with van der Waals surface area (Å²) >= 11 is 19.0. The van der Waals surface area contributed by atoms with Crippen LogP contribution in [0.1, 0.15) is 27.7 Å². The molecule has 0 N–H and O–H groups in total. The summed E-state index contributed by atoms with van der Waals surface area (Å²) in [5, 5.41) is 5.97. The lowest BCUT2D eigenvalue weighted by Gasteiger charge is -2.47. The maximum atomic E-state index is 6.34. The molecular formula is C45H37Cl3Si. The molecule has 0 fully saturated rings. The Balaban J connectivity index is 1.59. The van der Waals surface area contributed by atoms with Crippen LogP contribution in [0, 0.1) is 0 Å². The van der Waals surface area contributed by atoms with Crippen LogP contribution in [0.5, 0.6) is 0 Å². The Morgan fingerprint density at radius 2 is 0.755 bits per heavy atom. The summed E-state index contributed by atoms with van der Waals surface area (Å²) in [7, 11) is -3.00. The number of benzene rings is 6. The second kappa shape index (κ2) is 13.3. The van der Waals surface area contributed by atoms with Crippen LogP contribution in [0.2, 0.25) is 20.1 Å². The molecule has 6 aromatic rings. The van der Waals surface area contributed by atoms with E-state index in [0.717, 1.165) is 31.8 Å². The SMILES string of the molecule is CC1=CC(C)([Si](c2cccc(-c3ccc(Cl)cc3)c2)(c2cccc(-c3ccc(Cl)cc3)c2)c2cccc(-c3ccc(Cl)cc3)c2)C(C)=C1C. The first kappa shape index (κ1) is 33.4. The molecule has 7 rings (SSSR count). The van der Waals surface area contributed by atoms with Gasteiger partial charge in [-0.2, -0.15) is 0 Å². The minimum atomic E-state index is -3.00. The lowest BCUT2D eigenvalue weighted by atomic mass is 10.0. The first-order chi connectivity index (χ1) is 23.6. The van der Waals surface area contributed by atoms with E-state index in [2.05, 4.69) is 143 Å². The van der Waals surface area contributed by atoms with Crippen molar-refractivity contribution in [1.29, 1.82) is 0 Å². The Morgan fingerprint density at radius 1 is 0.429 bits per heavy atom. The van der Waals surface area contributed by atoms with Crippen molar-refractivity contribution in [3.63, 3.8) is 0 Å². The highest BCUT2D eigenvalue weighted by molar-refractivity contribution is 7.14. The smallest absolute Gasteiger partial charge is 0.0843 e. The van der Waals surface area contributed by atoms with E-state index in [0.29, 0.717) is 0 Å². The van der Waals surface area contributed by atoms with Gasteiger partial charge in [-0.1, -0.05) is 168 Å². The van der Waals surface area contributed by atoms with Gasteiger partial charge in [0.15, 0.2) is 8.07 Å². The number of halogens is 3. The molecule has 0 bridgehead atoms. The third kappa shape index (κ3) is 5.94. The zero-order valence-electron chi connectivity index (χ0n) is 28.1. The molecule has 0 nitrogen and oxygen atoms in total. The molecule has 1 atom stereocenters. The van der Waals surface area contributed by atoms with Gasteiger partial charge >= 0.3 is 0 Å². The predicted octanol–water partition coefficient (Wildman–Crippen LogP) is 12.2. The van der Waals surface area contributed by atoms with Crippen LogP contribution in [-0.4, -0.2) is 8.07 Å². The Hall–Kier alpha value is -4.11. The molecule has 1 aliphatic carbocycles. The fourth-order valence-electron chi connectivity index (χ4n) is 7.85. The van der Waals surface area contributed by atoms with Gasteiger partial charge in [0.25, 0.3) is 0 Å². The number of hydrogen-bond donors (Lipinski definition) is 0. The third-order valence-corrected chi connectivity index (χ3v) is 17.0. The largest absolute Gasteiger partial charge is 0.161 e. The maximum absolute atomic E-state index is 6.34. The van der Waals surface area contributed by atoms with Gasteiger partial charge in [0, 0.05) is 20.1 Å². The molecule has 0 aromatic heterocycles. The minimum absolute atomic E-state index is 0.281. The molecular weight excluding hydrogens is 675 g/mol. The lowest BCUT2D eigenvalue weighted by Crippen LogP contribution is -2.73. The topological polar surface area (TPSA) is 0 Å². The fraction of sp³-hybridized carbons (Fsp3) is 0.111. The summed E-state index contributed by atoms with van der Waals surface area (Å²) < 4.78 is 0. The van der Waals surface area contributed by atoms with Crippen LogP contribution >= 0.6 is 34.8 Å². The molecule has 0 amide bonds. The quantitative estimate of drug-likeness (QED) is 0.114. The van der Waals surface area contributed by atoms with Crippen LogP contribution < -0.4 is 15.6 Å². The average Bonchev–Trinajstić information content (AvgIpc) is 3.32. The van der Waals surface area contributed by atoms with Crippen molar-refractivity contribution in [3.8, 4) is 33.4 Å². The first-order valence-electron chi connectivity index (χ1n) is 16.6. The van der Waals surface area contributed by atoms with Crippen molar-refractivity contribution < 1.29 is 0 Å². The van der Waals surface area contributed by atoms with Crippen LogP contribution in [0.3, 0.4) is 0 Å². The second-order valence-corrected chi connectivity index (χ2v) is 18.9. The standard InChI is InChI=1S/C45H37Cl3Si/c1-30-29-45(4,32(3)31(30)2)49(42-11-5-8-36(26-42)33-14-20-39(46)21-15-33,43-12-6-9-37(27-43)34-16-22-40(47)23-17-34)44-13-7-10-38(28-44)35-18-24-41(48)25-19-35/h5-29H,1-4H3. The summed E-state index contributed by atoms with van der Waals surface area (Å²) in [4.78, 5) is 0. The third-order valence-electron chi connectivity index (χ3n) is 10.6. The maximum Gasteiger partial charge on any atom is 0.161 e. The van der Waals surface area contributed by atoms with E-state index in [1.165, 1.54) is 49.0 Å². The normalized spacial score (nSPS) is 16.2. The molecule has 0 heterocycles. The Morgan fingerprint density at radius 3 is 1.04 bits per heavy atom. The van der Waals surface area contributed by atoms with E-state index in [4.69, 9.17) is 34.8 Å². The highest BCUT2D eigenvalue weighted by atomic mass is 35.5. The monoisotopic (exact) mass is 710 g/mol. The minimum Gasteiger partial charge on any atom is -0.0843 e. The Labute approximate surface area is 306 Å². The van der Waals surface area contributed by atoms with Gasteiger partial charge in [-0.25, -0.2) is 0 Å². The van der Waals surface area contributed by atoms with Gasteiger partial charge in [0.1, 0.15) is 0 Å². The highest BCUT2D eigenvalue weighted by Crippen LogP contribution is 2.53. The summed E-state index contributed by atoms with van der Waals surface area (Å²) in [6.07, 6.45) is 2.56. The van der Waals surface area contributed by atoms with Gasteiger partial charge in [-0.3, -0.25) is 0 Å². The molecule has 49 heavy (non-hydrogen) atoms. The predicted molar refractivity (Wildman–Crippen MR) is 216 cm³/mol. The summed E-state index contributed by atoms with van der Waals surface area (Å²) in [6, 6.07) is 52.3. The highest BCUT2D eigenvalue weighted by Gasteiger charge is 2.56. The first-order valence-corrected chi connectivity index (χ1v) is 19.7. The molecule has 6 aromatic carbocycles. The van der Waals surface area contributed by atoms with Crippen molar-refractivity contribution in [1.82, 2.24) is 0 Å². The van der Waals surface area contributed by atoms with Gasteiger partial charge in [-0.05, 0) is 112 Å². The fourth-order valence-corrected chi connectivity index (χ4v) is 14.4. The van der Waals surface area contributed by atoms with Gasteiger partial charge in [0.05, 0.1) is 0 Å². The lowest BCUT2D eigenvalue weighted by molar-refractivity contribution is 0.870. The zero-order valence-corrected chi connectivity index (χ0v) is 31.3. The van der Waals surface area contributed by atoms with E-state index < -0.39 is 8.07 Å². The molecule has 4 heteroatoms. The zero-order chi connectivity index (χ0) is 34.3. The van der Waals surface area contributed by atoms with E-state index in [1.54, 1.807) is 0 Å². The van der Waals surface area contributed by atoms with E-state index in [9.17, 15) is 0 Å². The van der Waals surface area contributed by atoms with Crippen LogP contribution in [0.15, 0.2) is 168 Å². The van der Waals surface area contributed by atoms with Crippen molar-refractivity contribution >= 4 is 58.4 Å². The molecule has 0 aliphatic heterocycles. The molecule has 0 saturated carbocycles. The molecule has 0 spiro atoms. The van der Waals surface area contributed by atoms with Gasteiger partial charge in [0.2, 0.25) is 0 Å². The van der Waals surface area contributed by atoms with Crippen LogP contribution in [0.4, 0.5) is 0 Å². The van der Waals surface area contributed by atoms with Gasteiger partial charge in [-0.15, -0.1) is 0 Å². The molecule has 0 radical (unpaired) electrons. The van der Waals surface area contributed by atoms with Crippen molar-refractivity contribution in [2.45, 2.75) is 32.7 Å². The van der Waals surface area contributed by atoms with E-state index in [-0.39, 0.29) is 5.04 Å². The van der Waals surface area contributed by atoms with E-state index >= 15 is 0 Å². The van der Waals surface area contributed by atoms with Gasteiger partial charge < -0.3 is 0 Å².